The van der Waals surface area contributed by atoms with Gasteiger partial charge in [0, 0.05) is 18.1 Å². The Balaban J connectivity index is 1.68. The number of hydrogen-bond acceptors (Lipinski definition) is 5. The highest BCUT2D eigenvalue weighted by Gasteiger charge is 2.37. The summed E-state index contributed by atoms with van der Waals surface area (Å²) in [6, 6.07) is 10.6. The van der Waals surface area contributed by atoms with Gasteiger partial charge in [-0.3, -0.25) is 9.59 Å². The van der Waals surface area contributed by atoms with Crippen LogP contribution in [0.3, 0.4) is 0 Å². The van der Waals surface area contributed by atoms with E-state index in [0.29, 0.717) is 25.0 Å². The molecular weight excluding hydrogens is 342 g/mol. The van der Waals surface area contributed by atoms with Gasteiger partial charge >= 0.3 is 0 Å². The van der Waals surface area contributed by atoms with Gasteiger partial charge in [0.05, 0.1) is 17.3 Å². The van der Waals surface area contributed by atoms with Gasteiger partial charge in [0.2, 0.25) is 5.91 Å². The van der Waals surface area contributed by atoms with Gasteiger partial charge in [-0.05, 0) is 30.9 Å². The standard InChI is InChI=1S/C20H23N5O2/c1-13-10-17(26)24-25-18(13)15-6-4-14(5-7-15)11-16(12-21)23-19(27)20(22)8-2-3-9-20/h4-7,10,16H,2-3,8-9,11,22H2,1H3,(H,23,27)(H,24,26). The lowest BCUT2D eigenvalue weighted by Gasteiger charge is -2.24. The Labute approximate surface area is 157 Å². The lowest BCUT2D eigenvalue weighted by Crippen LogP contribution is -2.54. The van der Waals surface area contributed by atoms with Crippen LogP contribution in [0.25, 0.3) is 11.3 Å². The first kappa shape index (κ1) is 18.8. The van der Waals surface area contributed by atoms with Gasteiger partial charge < -0.3 is 11.1 Å². The van der Waals surface area contributed by atoms with Crippen molar-refractivity contribution in [1.29, 1.82) is 5.26 Å². The predicted octanol–water partition coefficient (Wildman–Crippen LogP) is 1.57. The Bertz CT molecular complexity index is 921. The fraction of sp³-hybridized carbons (Fsp3) is 0.400. The first-order chi connectivity index (χ1) is 12.9. The zero-order valence-electron chi connectivity index (χ0n) is 15.3. The molecule has 7 heteroatoms. The van der Waals surface area contributed by atoms with E-state index in [2.05, 4.69) is 21.6 Å². The highest BCUT2D eigenvalue weighted by Crippen LogP contribution is 2.27. The summed E-state index contributed by atoms with van der Waals surface area (Å²) in [6.45, 7) is 1.83. The molecule has 3 rings (SSSR count). The minimum Gasteiger partial charge on any atom is -0.338 e. The van der Waals surface area contributed by atoms with Crippen molar-refractivity contribution >= 4 is 5.91 Å². The number of aromatic nitrogens is 2. The number of nitriles is 1. The molecule has 1 saturated carbocycles. The molecule has 1 unspecified atom stereocenters. The van der Waals surface area contributed by atoms with Crippen molar-refractivity contribution in [2.45, 2.75) is 50.6 Å². The fourth-order valence-corrected chi connectivity index (χ4v) is 3.49. The number of aromatic amines is 1. The highest BCUT2D eigenvalue weighted by atomic mass is 16.2. The van der Waals surface area contributed by atoms with Gasteiger partial charge in [0.25, 0.3) is 5.56 Å². The maximum atomic E-state index is 12.4. The number of nitrogens with one attached hydrogen (secondary N) is 2. The maximum absolute atomic E-state index is 12.4. The average Bonchev–Trinajstić information content (AvgIpc) is 3.10. The number of carbonyl (C=O) groups excluding carboxylic acids is 1. The summed E-state index contributed by atoms with van der Waals surface area (Å²) >= 11 is 0. The second-order valence-electron chi connectivity index (χ2n) is 7.18. The van der Waals surface area contributed by atoms with E-state index in [-0.39, 0.29) is 11.5 Å². The van der Waals surface area contributed by atoms with Gasteiger partial charge in [-0.1, -0.05) is 37.1 Å². The topological polar surface area (TPSA) is 125 Å². The maximum Gasteiger partial charge on any atom is 0.264 e. The van der Waals surface area contributed by atoms with Gasteiger partial charge in [-0.25, -0.2) is 5.10 Å². The molecule has 0 saturated heterocycles. The zero-order valence-corrected chi connectivity index (χ0v) is 15.3. The first-order valence-corrected chi connectivity index (χ1v) is 9.06. The van der Waals surface area contributed by atoms with E-state index in [1.54, 1.807) is 0 Å². The first-order valence-electron chi connectivity index (χ1n) is 9.06. The summed E-state index contributed by atoms with van der Waals surface area (Å²) in [4.78, 5) is 23.7. The van der Waals surface area contributed by atoms with E-state index in [1.807, 2.05) is 31.2 Å². The summed E-state index contributed by atoms with van der Waals surface area (Å²) in [5.74, 6) is -0.240. The smallest absolute Gasteiger partial charge is 0.264 e. The second-order valence-corrected chi connectivity index (χ2v) is 7.18. The Morgan fingerprint density at radius 1 is 1.37 bits per heavy atom. The van der Waals surface area contributed by atoms with Crippen molar-refractivity contribution in [2.75, 3.05) is 0 Å². The SMILES string of the molecule is Cc1cc(=O)[nH]nc1-c1ccc(CC(C#N)NC(=O)C2(N)CCCC2)cc1. The number of carbonyl (C=O) groups is 1. The number of H-pyrrole nitrogens is 1. The largest absolute Gasteiger partial charge is 0.338 e. The molecule has 1 amide bonds. The van der Waals surface area contributed by atoms with E-state index in [1.165, 1.54) is 6.07 Å². The monoisotopic (exact) mass is 365 g/mol. The van der Waals surface area contributed by atoms with Gasteiger partial charge in [-0.15, -0.1) is 0 Å². The van der Waals surface area contributed by atoms with Crippen LogP contribution in [-0.4, -0.2) is 27.7 Å². The molecule has 0 spiro atoms. The Morgan fingerprint density at radius 3 is 2.63 bits per heavy atom. The lowest BCUT2D eigenvalue weighted by atomic mass is 9.96. The Hall–Kier alpha value is -2.98. The lowest BCUT2D eigenvalue weighted by molar-refractivity contribution is -0.126. The molecule has 4 N–H and O–H groups in total. The van der Waals surface area contributed by atoms with E-state index in [0.717, 1.165) is 29.5 Å². The van der Waals surface area contributed by atoms with Crippen molar-refractivity contribution in [1.82, 2.24) is 15.5 Å². The molecule has 0 aliphatic heterocycles. The average molecular weight is 365 g/mol. The summed E-state index contributed by atoms with van der Waals surface area (Å²) in [6.07, 6.45) is 3.62. The van der Waals surface area contributed by atoms with Crippen LogP contribution in [0.1, 0.15) is 36.8 Å². The summed E-state index contributed by atoms with van der Waals surface area (Å²) in [7, 11) is 0. The van der Waals surface area contributed by atoms with Gasteiger partial charge in [-0.2, -0.15) is 10.4 Å². The number of nitrogens with zero attached hydrogens (tertiary/aromatic N) is 2. The number of rotatable bonds is 5. The number of amides is 1. The van der Waals surface area contributed by atoms with Crippen molar-refractivity contribution in [3.63, 3.8) is 0 Å². The van der Waals surface area contributed by atoms with E-state index in [9.17, 15) is 14.9 Å². The third-order valence-electron chi connectivity index (χ3n) is 5.08. The quantitative estimate of drug-likeness (QED) is 0.742. The summed E-state index contributed by atoms with van der Waals surface area (Å²) in [5.41, 5.74) is 8.37. The second kappa shape index (κ2) is 7.72. The Morgan fingerprint density at radius 2 is 2.04 bits per heavy atom. The third-order valence-corrected chi connectivity index (χ3v) is 5.08. The summed E-state index contributed by atoms with van der Waals surface area (Å²) in [5, 5.41) is 18.7. The zero-order chi connectivity index (χ0) is 19.4. The van der Waals surface area contributed by atoms with Crippen molar-refractivity contribution < 1.29 is 4.79 Å². The van der Waals surface area contributed by atoms with Crippen LogP contribution in [0.5, 0.6) is 0 Å². The molecule has 0 radical (unpaired) electrons. The molecular formula is C20H23N5O2. The third kappa shape index (κ3) is 4.23. The molecule has 1 fully saturated rings. The molecule has 1 aromatic heterocycles. The molecule has 0 bridgehead atoms. The number of hydrogen-bond donors (Lipinski definition) is 3. The van der Waals surface area contributed by atoms with E-state index >= 15 is 0 Å². The number of aryl methyl sites for hydroxylation is 1. The van der Waals surface area contributed by atoms with Crippen LogP contribution in [0.4, 0.5) is 0 Å². The fourth-order valence-electron chi connectivity index (χ4n) is 3.49. The molecule has 140 valence electrons. The van der Waals surface area contributed by atoms with Crippen molar-refractivity contribution in [2.24, 2.45) is 5.73 Å². The van der Waals surface area contributed by atoms with Crippen LogP contribution in [0.15, 0.2) is 35.1 Å². The molecule has 1 aliphatic carbocycles. The molecule has 1 aromatic carbocycles. The van der Waals surface area contributed by atoms with Gasteiger partial charge in [0.15, 0.2) is 0 Å². The normalized spacial score (nSPS) is 16.5. The molecule has 1 heterocycles. The summed E-state index contributed by atoms with van der Waals surface area (Å²) < 4.78 is 0. The van der Waals surface area contributed by atoms with Crippen molar-refractivity contribution in [3.8, 4) is 17.3 Å². The molecule has 2 aromatic rings. The van der Waals surface area contributed by atoms with Gasteiger partial charge in [0.1, 0.15) is 6.04 Å². The van der Waals surface area contributed by atoms with E-state index in [4.69, 9.17) is 5.73 Å². The van der Waals surface area contributed by atoms with Crippen LogP contribution < -0.4 is 16.6 Å². The van der Waals surface area contributed by atoms with E-state index < -0.39 is 11.6 Å². The van der Waals surface area contributed by atoms with Crippen LogP contribution in [0.2, 0.25) is 0 Å². The van der Waals surface area contributed by atoms with Crippen LogP contribution in [-0.2, 0) is 11.2 Å². The number of benzene rings is 1. The predicted molar refractivity (Wildman–Crippen MR) is 102 cm³/mol. The van der Waals surface area contributed by atoms with Crippen LogP contribution in [0, 0.1) is 18.3 Å². The molecule has 1 atom stereocenters. The Kier molecular flexibility index (Phi) is 5.38. The minimum atomic E-state index is -0.841. The highest BCUT2D eigenvalue weighted by molar-refractivity contribution is 5.86. The van der Waals surface area contributed by atoms with Crippen molar-refractivity contribution in [3.05, 3.63) is 51.8 Å². The minimum absolute atomic E-state index is 0.236. The molecule has 1 aliphatic rings. The molecule has 27 heavy (non-hydrogen) atoms. The number of nitrogens with two attached hydrogens (primary N) is 1. The van der Waals surface area contributed by atoms with Crippen LogP contribution >= 0.6 is 0 Å². The molecule has 7 nitrogen and oxygen atoms in total.